The van der Waals surface area contributed by atoms with E-state index in [1.54, 1.807) is 6.92 Å². The zero-order chi connectivity index (χ0) is 18.0. The number of aromatic nitrogens is 1. The van der Waals surface area contributed by atoms with Gasteiger partial charge in [-0.25, -0.2) is 14.4 Å². The maximum absolute atomic E-state index is 11.8. The second-order valence-corrected chi connectivity index (χ2v) is 6.36. The summed E-state index contributed by atoms with van der Waals surface area (Å²) in [5.41, 5.74) is 0.0327. The standard InChI is InChI=1S/C15H19N3O7/c1-2-23-12(19)11-3-10(25-17-11)6-24-13(20)16-9-4-15(5-9)7-18(8-15)14(21)22/h3,9H,2,4-8H2,1H3,(H,16,20)(H,21,22). The van der Waals surface area contributed by atoms with Crippen molar-refractivity contribution in [2.24, 2.45) is 5.41 Å². The number of likely N-dealkylation sites (tertiary alicyclic amines) is 1. The fourth-order valence-electron chi connectivity index (χ4n) is 3.27. The average molecular weight is 353 g/mol. The van der Waals surface area contributed by atoms with Gasteiger partial charge in [0.2, 0.25) is 0 Å². The van der Waals surface area contributed by atoms with Crippen LogP contribution in [0.25, 0.3) is 0 Å². The van der Waals surface area contributed by atoms with Crippen molar-refractivity contribution < 1.29 is 33.5 Å². The summed E-state index contributed by atoms with van der Waals surface area (Å²) in [7, 11) is 0. The largest absolute Gasteiger partial charge is 0.465 e. The SMILES string of the molecule is CCOC(=O)c1cc(COC(=O)NC2CC3(C2)CN(C(=O)O)C3)on1. The molecule has 1 saturated carbocycles. The molecule has 2 heterocycles. The van der Waals surface area contributed by atoms with Crippen LogP contribution in [0, 0.1) is 5.41 Å². The summed E-state index contributed by atoms with van der Waals surface area (Å²) in [5, 5.41) is 15.1. The molecule has 1 aromatic heterocycles. The highest BCUT2D eigenvalue weighted by Gasteiger charge is 2.54. The van der Waals surface area contributed by atoms with Crippen molar-refractivity contribution in [3.8, 4) is 0 Å². The molecule has 2 aliphatic rings. The van der Waals surface area contributed by atoms with Crippen molar-refractivity contribution in [1.29, 1.82) is 0 Å². The first kappa shape index (κ1) is 17.1. The number of carbonyl (C=O) groups excluding carboxylic acids is 2. The van der Waals surface area contributed by atoms with Crippen molar-refractivity contribution >= 4 is 18.2 Å². The first-order chi connectivity index (χ1) is 11.9. The summed E-state index contributed by atoms with van der Waals surface area (Å²) in [6.45, 7) is 2.80. The van der Waals surface area contributed by atoms with Crippen LogP contribution in [-0.2, 0) is 16.1 Å². The van der Waals surface area contributed by atoms with Crippen LogP contribution >= 0.6 is 0 Å². The van der Waals surface area contributed by atoms with E-state index in [0.717, 1.165) is 12.8 Å². The maximum atomic E-state index is 11.8. The smallest absolute Gasteiger partial charge is 0.407 e. The number of carboxylic acid groups (broad SMARTS) is 1. The van der Waals surface area contributed by atoms with E-state index in [1.165, 1.54) is 11.0 Å². The molecular formula is C15H19N3O7. The summed E-state index contributed by atoms with van der Waals surface area (Å²) in [6, 6.07) is 1.34. The summed E-state index contributed by atoms with van der Waals surface area (Å²) in [6.07, 6.45) is -0.0263. The number of rotatable bonds is 5. The van der Waals surface area contributed by atoms with Gasteiger partial charge in [0.25, 0.3) is 0 Å². The van der Waals surface area contributed by atoms with E-state index < -0.39 is 18.2 Å². The van der Waals surface area contributed by atoms with Gasteiger partial charge in [0.15, 0.2) is 18.1 Å². The molecule has 1 spiro atoms. The highest BCUT2D eigenvalue weighted by Crippen LogP contribution is 2.48. The first-order valence-corrected chi connectivity index (χ1v) is 7.95. The van der Waals surface area contributed by atoms with Gasteiger partial charge in [-0.3, -0.25) is 0 Å². The van der Waals surface area contributed by atoms with Crippen LogP contribution in [0.4, 0.5) is 9.59 Å². The van der Waals surface area contributed by atoms with Crippen molar-refractivity contribution in [3.63, 3.8) is 0 Å². The van der Waals surface area contributed by atoms with E-state index in [1.807, 2.05) is 0 Å². The monoisotopic (exact) mass is 353 g/mol. The maximum Gasteiger partial charge on any atom is 0.407 e. The molecule has 1 aliphatic carbocycles. The number of amides is 2. The van der Waals surface area contributed by atoms with Gasteiger partial charge in [-0.05, 0) is 19.8 Å². The summed E-state index contributed by atoms with van der Waals surface area (Å²) in [5.74, 6) is -0.364. The van der Waals surface area contributed by atoms with Crippen LogP contribution in [0.3, 0.4) is 0 Å². The number of alkyl carbamates (subject to hydrolysis) is 1. The minimum absolute atomic E-state index is 0.00973. The molecule has 25 heavy (non-hydrogen) atoms. The number of nitrogens with zero attached hydrogens (tertiary/aromatic N) is 2. The molecule has 0 radical (unpaired) electrons. The van der Waals surface area contributed by atoms with Gasteiger partial charge in [0.05, 0.1) is 6.61 Å². The molecule has 1 saturated heterocycles. The molecule has 1 aliphatic heterocycles. The van der Waals surface area contributed by atoms with Crippen molar-refractivity contribution in [1.82, 2.24) is 15.4 Å². The molecule has 0 unspecified atom stereocenters. The Kier molecular flexibility index (Phi) is 4.51. The van der Waals surface area contributed by atoms with E-state index >= 15 is 0 Å². The van der Waals surface area contributed by atoms with Gasteiger partial charge in [-0.1, -0.05) is 5.16 Å². The molecule has 0 bridgehead atoms. The predicted octanol–water partition coefficient (Wildman–Crippen LogP) is 1.22. The lowest BCUT2D eigenvalue weighted by molar-refractivity contribution is -0.0635. The molecular weight excluding hydrogens is 334 g/mol. The van der Waals surface area contributed by atoms with E-state index in [0.29, 0.717) is 13.1 Å². The van der Waals surface area contributed by atoms with Crippen LogP contribution < -0.4 is 5.32 Å². The number of ether oxygens (including phenoxy) is 2. The number of esters is 1. The second kappa shape index (κ2) is 6.61. The predicted molar refractivity (Wildman–Crippen MR) is 80.8 cm³/mol. The third-order valence-corrected chi connectivity index (χ3v) is 4.39. The van der Waals surface area contributed by atoms with E-state index in [2.05, 4.69) is 10.5 Å². The molecule has 3 rings (SSSR count). The summed E-state index contributed by atoms with van der Waals surface area (Å²) >= 11 is 0. The third kappa shape index (κ3) is 3.67. The Morgan fingerprint density at radius 3 is 2.76 bits per heavy atom. The molecule has 0 aromatic carbocycles. The molecule has 2 amide bonds. The Morgan fingerprint density at radius 1 is 1.40 bits per heavy atom. The zero-order valence-corrected chi connectivity index (χ0v) is 13.7. The fourth-order valence-corrected chi connectivity index (χ4v) is 3.27. The molecule has 10 nitrogen and oxygen atoms in total. The van der Waals surface area contributed by atoms with Gasteiger partial charge < -0.3 is 29.3 Å². The molecule has 2 N–H and O–H groups in total. The summed E-state index contributed by atoms with van der Waals surface area (Å²) in [4.78, 5) is 35.3. The van der Waals surface area contributed by atoms with Crippen LogP contribution in [0.15, 0.2) is 10.6 Å². The molecule has 10 heteroatoms. The van der Waals surface area contributed by atoms with Crippen molar-refractivity contribution in [3.05, 3.63) is 17.5 Å². The average Bonchev–Trinajstić information content (AvgIpc) is 2.95. The van der Waals surface area contributed by atoms with Gasteiger partial charge in [0, 0.05) is 30.6 Å². The van der Waals surface area contributed by atoms with Crippen molar-refractivity contribution in [2.75, 3.05) is 19.7 Å². The first-order valence-electron chi connectivity index (χ1n) is 7.95. The van der Waals surface area contributed by atoms with Crippen molar-refractivity contribution in [2.45, 2.75) is 32.4 Å². The number of nitrogens with one attached hydrogen (secondary N) is 1. The second-order valence-electron chi connectivity index (χ2n) is 6.36. The molecule has 1 aromatic rings. The summed E-state index contributed by atoms with van der Waals surface area (Å²) < 4.78 is 14.7. The molecule has 136 valence electrons. The number of hydrogen-bond acceptors (Lipinski definition) is 7. The lowest BCUT2D eigenvalue weighted by Crippen LogP contribution is -2.67. The van der Waals surface area contributed by atoms with Gasteiger partial charge in [0.1, 0.15) is 0 Å². The Hall–Kier alpha value is -2.78. The van der Waals surface area contributed by atoms with E-state index in [4.69, 9.17) is 19.1 Å². The van der Waals surface area contributed by atoms with Crippen LogP contribution in [0.2, 0.25) is 0 Å². The third-order valence-electron chi connectivity index (χ3n) is 4.39. The Balaban J connectivity index is 1.36. The van der Waals surface area contributed by atoms with E-state index in [9.17, 15) is 14.4 Å². The highest BCUT2D eigenvalue weighted by atomic mass is 16.6. The number of hydrogen-bond donors (Lipinski definition) is 2. The van der Waals surface area contributed by atoms with Crippen LogP contribution in [0.1, 0.15) is 36.0 Å². The topological polar surface area (TPSA) is 131 Å². The highest BCUT2D eigenvalue weighted by molar-refractivity contribution is 5.87. The quantitative estimate of drug-likeness (QED) is 0.755. The zero-order valence-electron chi connectivity index (χ0n) is 13.7. The van der Waals surface area contributed by atoms with Gasteiger partial charge >= 0.3 is 18.2 Å². The van der Waals surface area contributed by atoms with Crippen LogP contribution in [-0.4, -0.2) is 59.1 Å². The minimum Gasteiger partial charge on any atom is -0.465 e. The van der Waals surface area contributed by atoms with Crippen LogP contribution in [0.5, 0.6) is 0 Å². The molecule has 0 atom stereocenters. The Bertz CT molecular complexity index is 672. The lowest BCUT2D eigenvalue weighted by atomic mass is 9.61. The molecule has 2 fully saturated rings. The normalized spacial score (nSPS) is 18.2. The Labute approximate surface area is 143 Å². The number of carbonyl (C=O) groups is 3. The van der Waals surface area contributed by atoms with E-state index in [-0.39, 0.29) is 36.1 Å². The van der Waals surface area contributed by atoms with Gasteiger partial charge in [-0.15, -0.1) is 0 Å². The fraction of sp³-hybridized carbons (Fsp3) is 0.600. The lowest BCUT2D eigenvalue weighted by Gasteiger charge is -2.57. The Morgan fingerprint density at radius 2 is 2.12 bits per heavy atom. The minimum atomic E-state index is -0.907. The van der Waals surface area contributed by atoms with Gasteiger partial charge in [-0.2, -0.15) is 0 Å².